The van der Waals surface area contributed by atoms with Crippen molar-refractivity contribution in [1.82, 2.24) is 34.0 Å². The van der Waals surface area contributed by atoms with E-state index in [0.717, 1.165) is 75.4 Å². The van der Waals surface area contributed by atoms with Crippen LogP contribution >= 0.6 is 0 Å². The fraction of sp³-hybridized carbons (Fsp3) is 0.371. The average Bonchev–Trinajstić information content (AvgIpc) is 3.26. The first-order valence-electron chi connectivity index (χ1n) is 15.9. The highest BCUT2D eigenvalue weighted by Gasteiger charge is 2.46. The number of hydrogen-bond donors (Lipinski definition) is 2. The minimum atomic E-state index is -0.221. The van der Waals surface area contributed by atoms with E-state index in [4.69, 9.17) is 14.7 Å². The standard InChI is InChI=1S/C35H35N7O3/c1-18-22-8-11-28(18)42(17-22)34(43)23-13-27-31(30(15-23)45-3)40(2)33(37-27)29-14-21-7-9-24(36-32(21)41(29)16-19-4-5-19)20-6-10-25-26(12-20)39-35(44)38-25/h6-7,9-10,12-15,18-19,22,28H,4-5,8,11,16-17H2,1-3H3,(H2,38,39,44)/t18-,22?,28?/m1/s1. The Balaban J connectivity index is 1.16. The molecule has 1 aliphatic heterocycles. The molecule has 0 spiro atoms. The lowest BCUT2D eigenvalue weighted by Crippen LogP contribution is -2.38. The first kappa shape index (κ1) is 26.5. The van der Waals surface area contributed by atoms with Gasteiger partial charge in [0.15, 0.2) is 5.82 Å². The van der Waals surface area contributed by atoms with Crippen molar-refractivity contribution in [3.8, 4) is 28.5 Å². The van der Waals surface area contributed by atoms with Crippen molar-refractivity contribution in [2.75, 3.05) is 13.7 Å². The molecule has 45 heavy (non-hydrogen) atoms. The number of amides is 1. The zero-order valence-corrected chi connectivity index (χ0v) is 25.6. The molecule has 0 radical (unpaired) electrons. The van der Waals surface area contributed by atoms with Gasteiger partial charge in [0, 0.05) is 42.7 Å². The largest absolute Gasteiger partial charge is 0.494 e. The second kappa shape index (κ2) is 9.57. The number of piperidine rings is 1. The highest BCUT2D eigenvalue weighted by Crippen LogP contribution is 2.44. The van der Waals surface area contributed by atoms with Crippen LogP contribution in [0.5, 0.6) is 5.75 Å². The molecule has 2 aromatic carbocycles. The van der Waals surface area contributed by atoms with Crippen molar-refractivity contribution < 1.29 is 9.53 Å². The second-order valence-corrected chi connectivity index (χ2v) is 13.3. The molecule has 9 rings (SSSR count). The number of nitrogens with one attached hydrogen (secondary N) is 2. The van der Waals surface area contributed by atoms with Crippen molar-refractivity contribution in [3.05, 3.63) is 64.6 Å². The Hall–Kier alpha value is -4.86. The molecule has 5 heterocycles. The smallest absolute Gasteiger partial charge is 0.323 e. The number of benzene rings is 2. The van der Waals surface area contributed by atoms with Crippen LogP contribution in [0.15, 0.2) is 53.3 Å². The first-order valence-corrected chi connectivity index (χ1v) is 15.9. The molecular weight excluding hydrogens is 566 g/mol. The summed E-state index contributed by atoms with van der Waals surface area (Å²) in [6.45, 7) is 3.98. The van der Waals surface area contributed by atoms with E-state index in [1.54, 1.807) is 7.11 Å². The zero-order chi connectivity index (χ0) is 30.6. The summed E-state index contributed by atoms with van der Waals surface area (Å²) in [6, 6.07) is 16.3. The van der Waals surface area contributed by atoms with E-state index < -0.39 is 0 Å². The van der Waals surface area contributed by atoms with Crippen LogP contribution in [0.3, 0.4) is 0 Å². The van der Waals surface area contributed by atoms with Crippen LogP contribution in [0.25, 0.3) is 55.9 Å². The maximum absolute atomic E-state index is 13.8. The number of aromatic amines is 2. The summed E-state index contributed by atoms with van der Waals surface area (Å²) in [6.07, 6.45) is 4.71. The van der Waals surface area contributed by atoms with E-state index in [2.05, 4.69) is 43.1 Å². The van der Waals surface area contributed by atoms with Crippen LogP contribution in [-0.4, -0.2) is 59.6 Å². The third-order valence-electron chi connectivity index (χ3n) is 10.6. The number of nitrogens with zero attached hydrogens (tertiary/aromatic N) is 5. The van der Waals surface area contributed by atoms with E-state index in [9.17, 15) is 9.59 Å². The summed E-state index contributed by atoms with van der Waals surface area (Å²) in [7, 11) is 3.67. The van der Waals surface area contributed by atoms with Crippen LogP contribution in [0, 0.1) is 17.8 Å². The number of carbonyl (C=O) groups is 1. The zero-order valence-electron chi connectivity index (χ0n) is 25.6. The number of aryl methyl sites for hydroxylation is 1. The highest BCUT2D eigenvalue weighted by molar-refractivity contribution is 6.00. The number of likely N-dealkylation sites (tertiary alicyclic amines) is 1. The monoisotopic (exact) mass is 601 g/mol. The molecule has 1 amide bonds. The number of imidazole rings is 2. The van der Waals surface area contributed by atoms with Crippen molar-refractivity contribution >= 4 is 39.0 Å². The van der Waals surface area contributed by atoms with Crippen molar-refractivity contribution in [1.29, 1.82) is 0 Å². The molecule has 2 aliphatic carbocycles. The van der Waals surface area contributed by atoms with Crippen LogP contribution in [0.2, 0.25) is 0 Å². The van der Waals surface area contributed by atoms with Crippen LogP contribution in [-0.2, 0) is 13.6 Å². The Bertz CT molecular complexity index is 2230. The van der Waals surface area contributed by atoms with Gasteiger partial charge in [0.05, 0.1) is 35.0 Å². The number of rotatable bonds is 6. The van der Waals surface area contributed by atoms with Gasteiger partial charge in [-0.25, -0.2) is 14.8 Å². The van der Waals surface area contributed by atoms with Crippen LogP contribution < -0.4 is 10.4 Å². The summed E-state index contributed by atoms with van der Waals surface area (Å²) < 4.78 is 10.3. The Morgan fingerprint density at radius 3 is 2.60 bits per heavy atom. The minimum absolute atomic E-state index is 0.0722. The van der Waals surface area contributed by atoms with Gasteiger partial charge in [-0.1, -0.05) is 13.0 Å². The lowest BCUT2D eigenvalue weighted by atomic mass is 10.0. The van der Waals surface area contributed by atoms with Gasteiger partial charge in [-0.05, 0) is 85.9 Å². The molecule has 4 aromatic heterocycles. The summed E-state index contributed by atoms with van der Waals surface area (Å²) in [5.74, 6) is 3.31. The molecule has 3 aliphatic rings. The number of fused-ring (bicyclic) bond motifs is 5. The second-order valence-electron chi connectivity index (χ2n) is 13.3. The Kier molecular flexibility index (Phi) is 5.64. The van der Waals surface area contributed by atoms with Gasteiger partial charge in [0.1, 0.15) is 16.9 Å². The molecule has 10 nitrogen and oxygen atoms in total. The SMILES string of the molecule is COc1cc(C(=O)N2CC3CCC2[C@@H]3C)cc2nc(-c3cc4ccc(-c5ccc6[nH]c(=O)[nH]c6c5)nc4n3CC3CC3)n(C)c12. The van der Waals surface area contributed by atoms with Gasteiger partial charge in [-0.2, -0.15) is 0 Å². The number of H-pyrrole nitrogens is 2. The topological polar surface area (TPSA) is 114 Å². The first-order chi connectivity index (χ1) is 21.9. The summed E-state index contributed by atoms with van der Waals surface area (Å²) in [4.78, 5) is 43.6. The Morgan fingerprint density at radius 1 is 1.00 bits per heavy atom. The third kappa shape index (κ3) is 4.07. The molecule has 2 N–H and O–H groups in total. The maximum atomic E-state index is 13.8. The lowest BCUT2D eigenvalue weighted by molar-refractivity contribution is 0.0696. The number of pyridine rings is 1. The normalized spacial score (nSPS) is 21.1. The van der Waals surface area contributed by atoms with E-state index in [-0.39, 0.29) is 11.6 Å². The van der Waals surface area contributed by atoms with Gasteiger partial charge in [-0.3, -0.25) is 4.79 Å². The number of aromatic nitrogens is 6. The molecule has 228 valence electrons. The van der Waals surface area contributed by atoms with Crippen molar-refractivity contribution in [2.24, 2.45) is 24.8 Å². The summed E-state index contributed by atoms with van der Waals surface area (Å²) >= 11 is 0. The number of hydrogen-bond acceptors (Lipinski definition) is 5. The van der Waals surface area contributed by atoms with Crippen LogP contribution in [0.4, 0.5) is 0 Å². The summed E-state index contributed by atoms with van der Waals surface area (Å²) in [5, 5.41) is 1.04. The Labute approximate surface area is 259 Å². The van der Waals surface area contributed by atoms with Crippen molar-refractivity contribution in [3.63, 3.8) is 0 Å². The van der Waals surface area contributed by atoms with E-state index in [1.165, 1.54) is 19.3 Å². The quantitative estimate of drug-likeness (QED) is 0.254. The van der Waals surface area contributed by atoms with Crippen molar-refractivity contribution in [2.45, 2.75) is 45.2 Å². The third-order valence-corrected chi connectivity index (χ3v) is 10.6. The molecule has 3 atom stereocenters. The molecule has 2 bridgehead atoms. The fourth-order valence-corrected chi connectivity index (χ4v) is 7.94. The number of carbonyl (C=O) groups excluding carboxylic acids is 1. The Morgan fingerprint density at radius 2 is 1.84 bits per heavy atom. The maximum Gasteiger partial charge on any atom is 0.323 e. The molecule has 6 aromatic rings. The average molecular weight is 602 g/mol. The van der Waals surface area contributed by atoms with Gasteiger partial charge < -0.3 is 28.7 Å². The van der Waals surface area contributed by atoms with E-state index >= 15 is 0 Å². The predicted octanol–water partition coefficient (Wildman–Crippen LogP) is 5.72. The molecule has 1 saturated heterocycles. The predicted molar refractivity (Wildman–Crippen MR) is 173 cm³/mol. The lowest BCUT2D eigenvalue weighted by Gasteiger charge is -2.27. The molecular formula is C35H35N7O3. The van der Waals surface area contributed by atoms with E-state index in [1.807, 2.05) is 43.4 Å². The van der Waals surface area contributed by atoms with Gasteiger partial charge in [-0.15, -0.1) is 0 Å². The number of ether oxygens (including phenoxy) is 1. The number of methoxy groups -OCH3 is 1. The van der Waals surface area contributed by atoms with Crippen LogP contribution in [0.1, 0.15) is 43.0 Å². The van der Waals surface area contributed by atoms with Gasteiger partial charge >= 0.3 is 5.69 Å². The molecule has 10 heteroatoms. The molecule has 2 saturated carbocycles. The minimum Gasteiger partial charge on any atom is -0.494 e. The fourth-order valence-electron chi connectivity index (χ4n) is 7.94. The van der Waals surface area contributed by atoms with Gasteiger partial charge in [0.2, 0.25) is 0 Å². The molecule has 3 fully saturated rings. The van der Waals surface area contributed by atoms with E-state index in [0.29, 0.717) is 35.1 Å². The molecule has 2 unspecified atom stereocenters. The van der Waals surface area contributed by atoms with Gasteiger partial charge in [0.25, 0.3) is 5.91 Å². The summed E-state index contributed by atoms with van der Waals surface area (Å²) in [5.41, 5.74) is 7.23. The highest BCUT2D eigenvalue weighted by atomic mass is 16.5.